The fourth-order valence-electron chi connectivity index (χ4n) is 2.87. The maximum atomic E-state index is 12.7. The Bertz CT molecular complexity index is 660. The minimum atomic E-state index is -0.129. The first-order valence-corrected chi connectivity index (χ1v) is 8.53. The number of carbonyl (C=O) groups excluding carboxylic acids is 1. The molecule has 120 valence electrons. The van der Waals surface area contributed by atoms with Gasteiger partial charge in [0.1, 0.15) is 0 Å². The van der Waals surface area contributed by atoms with Gasteiger partial charge in [0, 0.05) is 11.0 Å². The topological polar surface area (TPSA) is 53.2 Å². The highest BCUT2D eigenvalue weighted by atomic mass is 79.9. The number of hydrazine groups is 1. The smallest absolute Gasteiger partial charge is 0.226 e. The summed E-state index contributed by atoms with van der Waals surface area (Å²) >= 11 is 3.43. The number of hydrogen-bond acceptors (Lipinski definition) is 3. The van der Waals surface area contributed by atoms with E-state index in [1.807, 2.05) is 61.5 Å². The summed E-state index contributed by atoms with van der Waals surface area (Å²) in [6.07, 6.45) is 0. The summed E-state index contributed by atoms with van der Waals surface area (Å²) in [6.45, 7) is 2.63. The molecule has 1 heterocycles. The number of carbonyl (C=O) groups is 1. The predicted octanol–water partition coefficient (Wildman–Crippen LogP) is 3.09. The second kappa shape index (κ2) is 7.25. The van der Waals surface area contributed by atoms with Crippen molar-refractivity contribution < 1.29 is 4.79 Å². The van der Waals surface area contributed by atoms with Gasteiger partial charge in [0.2, 0.25) is 5.91 Å². The highest BCUT2D eigenvalue weighted by molar-refractivity contribution is 9.10. The van der Waals surface area contributed by atoms with Crippen LogP contribution < -0.4 is 16.2 Å². The third kappa shape index (κ3) is 3.80. The van der Waals surface area contributed by atoms with E-state index in [1.54, 1.807) is 0 Å². The summed E-state index contributed by atoms with van der Waals surface area (Å²) < 4.78 is 1.04. The molecule has 0 radical (unpaired) electrons. The Balaban J connectivity index is 1.68. The molecule has 3 unspecified atom stereocenters. The van der Waals surface area contributed by atoms with Gasteiger partial charge in [0.05, 0.1) is 18.0 Å². The summed E-state index contributed by atoms with van der Waals surface area (Å²) in [5, 5.41) is 3.12. The SMILES string of the molecule is CC(NC(=O)C1CNNC1c1ccccc1)c1ccc(Br)cc1. The minimum Gasteiger partial charge on any atom is -0.349 e. The quantitative estimate of drug-likeness (QED) is 0.771. The van der Waals surface area contributed by atoms with Crippen LogP contribution in [0.25, 0.3) is 0 Å². The van der Waals surface area contributed by atoms with Crippen LogP contribution in [0.3, 0.4) is 0 Å². The van der Waals surface area contributed by atoms with Gasteiger partial charge < -0.3 is 5.32 Å². The van der Waals surface area contributed by atoms with Gasteiger partial charge in [-0.2, -0.15) is 0 Å². The molecule has 3 atom stereocenters. The summed E-state index contributed by atoms with van der Waals surface area (Å²) in [5.41, 5.74) is 8.53. The van der Waals surface area contributed by atoms with Gasteiger partial charge in [-0.1, -0.05) is 58.4 Å². The van der Waals surface area contributed by atoms with Crippen molar-refractivity contribution in [2.24, 2.45) is 5.92 Å². The molecular formula is C18H20BrN3O. The van der Waals surface area contributed by atoms with Crippen LogP contribution in [0.15, 0.2) is 59.1 Å². The van der Waals surface area contributed by atoms with Crippen LogP contribution in [0.5, 0.6) is 0 Å². The van der Waals surface area contributed by atoms with E-state index in [0.29, 0.717) is 6.54 Å². The zero-order chi connectivity index (χ0) is 16.2. The van der Waals surface area contributed by atoms with Gasteiger partial charge in [-0.25, -0.2) is 5.43 Å². The zero-order valence-electron chi connectivity index (χ0n) is 12.9. The number of amides is 1. The van der Waals surface area contributed by atoms with Crippen molar-refractivity contribution in [2.75, 3.05) is 6.54 Å². The number of hydrogen-bond donors (Lipinski definition) is 3. The van der Waals surface area contributed by atoms with E-state index in [0.717, 1.165) is 15.6 Å². The Labute approximate surface area is 144 Å². The van der Waals surface area contributed by atoms with Crippen molar-refractivity contribution in [3.8, 4) is 0 Å². The Morgan fingerprint density at radius 2 is 1.87 bits per heavy atom. The van der Waals surface area contributed by atoms with Crippen LogP contribution in [-0.2, 0) is 4.79 Å². The predicted molar refractivity (Wildman–Crippen MR) is 94.5 cm³/mol. The first kappa shape index (κ1) is 16.2. The molecule has 1 amide bonds. The lowest BCUT2D eigenvalue weighted by Gasteiger charge is -2.21. The highest BCUT2D eigenvalue weighted by Crippen LogP contribution is 2.26. The maximum absolute atomic E-state index is 12.7. The maximum Gasteiger partial charge on any atom is 0.226 e. The van der Waals surface area contributed by atoms with E-state index in [-0.39, 0.29) is 23.9 Å². The molecule has 23 heavy (non-hydrogen) atoms. The summed E-state index contributed by atoms with van der Waals surface area (Å²) in [4.78, 5) is 12.7. The Kier molecular flexibility index (Phi) is 5.10. The zero-order valence-corrected chi connectivity index (χ0v) is 14.5. The molecule has 0 saturated carbocycles. The minimum absolute atomic E-state index is 0.00619. The van der Waals surface area contributed by atoms with Crippen molar-refractivity contribution in [1.82, 2.24) is 16.2 Å². The summed E-state index contributed by atoms with van der Waals surface area (Å²) in [6, 6.07) is 18.1. The van der Waals surface area contributed by atoms with Gasteiger partial charge >= 0.3 is 0 Å². The molecule has 1 aliphatic rings. The molecule has 1 saturated heterocycles. The molecule has 1 fully saturated rings. The molecular weight excluding hydrogens is 354 g/mol. The number of halogens is 1. The van der Waals surface area contributed by atoms with Crippen LogP contribution in [-0.4, -0.2) is 12.5 Å². The normalized spacial score (nSPS) is 21.8. The summed E-state index contributed by atoms with van der Waals surface area (Å²) in [7, 11) is 0. The standard InChI is InChI=1S/C18H20BrN3O/c1-12(13-7-9-15(19)10-8-13)21-18(23)16-11-20-22-17(16)14-5-3-2-4-6-14/h2-10,12,16-17,20,22H,11H2,1H3,(H,21,23). The largest absolute Gasteiger partial charge is 0.349 e. The Morgan fingerprint density at radius 3 is 2.57 bits per heavy atom. The fourth-order valence-corrected chi connectivity index (χ4v) is 3.14. The molecule has 4 nitrogen and oxygen atoms in total. The lowest BCUT2D eigenvalue weighted by molar-refractivity contribution is -0.125. The number of rotatable bonds is 4. The molecule has 2 aromatic rings. The Hall–Kier alpha value is -1.69. The molecule has 3 rings (SSSR count). The van der Waals surface area contributed by atoms with Crippen molar-refractivity contribution in [3.05, 3.63) is 70.2 Å². The third-order valence-electron chi connectivity index (χ3n) is 4.21. The first-order valence-electron chi connectivity index (χ1n) is 7.74. The van der Waals surface area contributed by atoms with E-state index in [9.17, 15) is 4.79 Å². The van der Waals surface area contributed by atoms with E-state index >= 15 is 0 Å². The first-order chi connectivity index (χ1) is 11.1. The molecule has 0 aromatic heterocycles. The van der Waals surface area contributed by atoms with Gasteiger partial charge in [-0.3, -0.25) is 10.2 Å². The van der Waals surface area contributed by atoms with Crippen molar-refractivity contribution >= 4 is 21.8 Å². The average Bonchev–Trinajstić information content (AvgIpc) is 3.06. The lowest BCUT2D eigenvalue weighted by Crippen LogP contribution is -2.36. The highest BCUT2D eigenvalue weighted by Gasteiger charge is 2.34. The second-order valence-corrected chi connectivity index (χ2v) is 6.72. The second-order valence-electron chi connectivity index (χ2n) is 5.80. The van der Waals surface area contributed by atoms with Crippen molar-refractivity contribution in [1.29, 1.82) is 0 Å². The molecule has 0 aliphatic carbocycles. The third-order valence-corrected chi connectivity index (χ3v) is 4.73. The van der Waals surface area contributed by atoms with E-state index < -0.39 is 0 Å². The molecule has 5 heteroatoms. The lowest BCUT2D eigenvalue weighted by atomic mass is 9.93. The molecule has 1 aliphatic heterocycles. The monoisotopic (exact) mass is 373 g/mol. The number of benzene rings is 2. The molecule has 3 N–H and O–H groups in total. The van der Waals surface area contributed by atoms with Crippen LogP contribution >= 0.6 is 15.9 Å². The van der Waals surface area contributed by atoms with Crippen molar-refractivity contribution in [2.45, 2.75) is 19.0 Å². The molecule has 0 spiro atoms. The Morgan fingerprint density at radius 1 is 1.17 bits per heavy atom. The van der Waals surface area contributed by atoms with Crippen LogP contribution in [0.1, 0.15) is 30.1 Å². The van der Waals surface area contributed by atoms with Crippen LogP contribution in [0.2, 0.25) is 0 Å². The van der Waals surface area contributed by atoms with Crippen LogP contribution in [0.4, 0.5) is 0 Å². The van der Waals surface area contributed by atoms with Crippen LogP contribution in [0, 0.1) is 5.92 Å². The van der Waals surface area contributed by atoms with Gasteiger partial charge in [0.25, 0.3) is 0 Å². The molecule has 2 aromatic carbocycles. The summed E-state index contributed by atoms with van der Waals surface area (Å²) in [5.74, 6) is -0.0675. The van der Waals surface area contributed by atoms with Crippen molar-refractivity contribution in [3.63, 3.8) is 0 Å². The van der Waals surface area contributed by atoms with Gasteiger partial charge in [0.15, 0.2) is 0 Å². The fraction of sp³-hybridized carbons (Fsp3) is 0.278. The van der Waals surface area contributed by atoms with E-state index in [4.69, 9.17) is 0 Å². The van der Waals surface area contributed by atoms with E-state index in [1.165, 1.54) is 0 Å². The average molecular weight is 374 g/mol. The van der Waals surface area contributed by atoms with Gasteiger partial charge in [-0.15, -0.1) is 0 Å². The molecule has 0 bridgehead atoms. The van der Waals surface area contributed by atoms with E-state index in [2.05, 4.69) is 32.1 Å². The van der Waals surface area contributed by atoms with Gasteiger partial charge in [-0.05, 0) is 30.2 Å². The number of nitrogens with one attached hydrogen (secondary N) is 3.